The molecule has 0 fully saturated rings. The molecule has 0 unspecified atom stereocenters. The van der Waals surface area contributed by atoms with E-state index in [1.54, 1.807) is 6.92 Å². The molecule has 0 N–H and O–H groups in total. The third-order valence-electron chi connectivity index (χ3n) is 1.34. The highest BCUT2D eigenvalue weighted by Crippen LogP contribution is 1.94. The lowest BCUT2D eigenvalue weighted by molar-refractivity contribution is -0.138. The van der Waals surface area contributed by atoms with Crippen molar-refractivity contribution >= 4 is 5.97 Å². The fourth-order valence-electron chi connectivity index (χ4n) is 0.653. The Hall–Kier alpha value is -1.31. The zero-order valence-corrected chi connectivity index (χ0v) is 8.08. The molecule has 0 rings (SSSR count). The molecule has 13 heavy (non-hydrogen) atoms. The van der Waals surface area contributed by atoms with Gasteiger partial charge in [-0.2, -0.15) is 0 Å². The Morgan fingerprint density at radius 1 is 1.46 bits per heavy atom. The van der Waals surface area contributed by atoms with Crippen molar-refractivity contribution in [3.8, 4) is 0 Å². The first-order chi connectivity index (χ1) is 6.18. The molecule has 0 spiro atoms. The van der Waals surface area contributed by atoms with E-state index in [4.69, 9.17) is 4.74 Å². The second-order valence-electron chi connectivity index (χ2n) is 2.70. The van der Waals surface area contributed by atoms with Gasteiger partial charge in [0.2, 0.25) is 0 Å². The van der Waals surface area contributed by atoms with Gasteiger partial charge in [-0.3, -0.25) is 0 Å². The summed E-state index contributed by atoms with van der Waals surface area (Å²) >= 11 is 0. The molecule has 0 radical (unpaired) electrons. The lowest BCUT2D eigenvalue weighted by Gasteiger charge is -2.00. The Kier molecular flexibility index (Phi) is 6.60. The maximum absolute atomic E-state index is 10.9. The summed E-state index contributed by atoms with van der Waals surface area (Å²) in [5.41, 5.74) is 0.440. The van der Waals surface area contributed by atoms with Gasteiger partial charge in [-0.15, -0.1) is 6.58 Å². The van der Waals surface area contributed by atoms with Crippen LogP contribution in [0.15, 0.2) is 37.0 Å². The average Bonchev–Trinajstić information content (AvgIpc) is 2.10. The molecule has 0 aliphatic heterocycles. The molecule has 0 aromatic carbocycles. The maximum atomic E-state index is 10.9. The molecule has 2 heteroatoms. The van der Waals surface area contributed by atoms with Crippen LogP contribution in [0.3, 0.4) is 0 Å². The Bertz CT molecular complexity index is 214. The standard InChI is InChI=1S/C11H16O2/c1-4-5-6-7-8-9-13-11(12)10(2)3/h4,6-7H,1-2,5,8-9H2,3H3. The van der Waals surface area contributed by atoms with Gasteiger partial charge in [-0.1, -0.05) is 24.8 Å². The lowest BCUT2D eigenvalue weighted by atomic mass is 10.3. The first-order valence-electron chi connectivity index (χ1n) is 4.27. The van der Waals surface area contributed by atoms with Crippen LogP contribution in [0, 0.1) is 0 Å². The van der Waals surface area contributed by atoms with Crippen LogP contribution in [-0.2, 0) is 9.53 Å². The minimum atomic E-state index is -0.322. The molecular formula is C11H16O2. The molecule has 0 aliphatic carbocycles. The second-order valence-corrected chi connectivity index (χ2v) is 2.70. The molecule has 0 saturated carbocycles. The van der Waals surface area contributed by atoms with Gasteiger partial charge in [0.05, 0.1) is 6.61 Å². The summed E-state index contributed by atoms with van der Waals surface area (Å²) in [6.45, 7) is 9.11. The molecular weight excluding hydrogens is 164 g/mol. The highest BCUT2D eigenvalue weighted by Gasteiger charge is 2.00. The summed E-state index contributed by atoms with van der Waals surface area (Å²) in [4.78, 5) is 10.9. The highest BCUT2D eigenvalue weighted by molar-refractivity contribution is 5.86. The average molecular weight is 180 g/mol. The third-order valence-corrected chi connectivity index (χ3v) is 1.34. The van der Waals surface area contributed by atoms with Crippen LogP contribution in [0.1, 0.15) is 19.8 Å². The molecule has 72 valence electrons. The molecule has 0 aromatic rings. The molecule has 0 bridgehead atoms. The fraction of sp³-hybridized carbons (Fsp3) is 0.364. The minimum absolute atomic E-state index is 0.322. The topological polar surface area (TPSA) is 26.3 Å². The predicted molar refractivity (Wildman–Crippen MR) is 54.3 cm³/mol. The third kappa shape index (κ3) is 7.06. The van der Waals surface area contributed by atoms with Gasteiger partial charge in [0, 0.05) is 5.57 Å². The maximum Gasteiger partial charge on any atom is 0.333 e. The number of esters is 1. The van der Waals surface area contributed by atoms with E-state index in [1.807, 2.05) is 18.2 Å². The van der Waals surface area contributed by atoms with Crippen LogP contribution in [0.4, 0.5) is 0 Å². The summed E-state index contributed by atoms with van der Waals surface area (Å²) in [5.74, 6) is -0.322. The molecule has 0 aliphatic rings. The van der Waals surface area contributed by atoms with Crippen LogP contribution in [0.5, 0.6) is 0 Å². The van der Waals surface area contributed by atoms with E-state index in [1.165, 1.54) is 0 Å². The quantitative estimate of drug-likeness (QED) is 0.272. The number of carbonyl (C=O) groups is 1. The predicted octanol–water partition coefficient (Wildman–Crippen LogP) is 2.63. The zero-order valence-electron chi connectivity index (χ0n) is 8.08. The van der Waals surface area contributed by atoms with Crippen molar-refractivity contribution in [2.24, 2.45) is 0 Å². The van der Waals surface area contributed by atoms with Gasteiger partial charge >= 0.3 is 5.97 Å². The van der Waals surface area contributed by atoms with E-state index in [9.17, 15) is 4.79 Å². The van der Waals surface area contributed by atoms with Crippen molar-refractivity contribution in [1.82, 2.24) is 0 Å². The van der Waals surface area contributed by atoms with Crippen LogP contribution < -0.4 is 0 Å². The van der Waals surface area contributed by atoms with E-state index in [0.29, 0.717) is 12.2 Å². The summed E-state index contributed by atoms with van der Waals surface area (Å²) in [7, 11) is 0. The van der Waals surface area contributed by atoms with Gasteiger partial charge < -0.3 is 4.74 Å². The van der Waals surface area contributed by atoms with Gasteiger partial charge in [-0.05, 0) is 19.8 Å². The number of hydrogen-bond acceptors (Lipinski definition) is 2. The Morgan fingerprint density at radius 2 is 2.15 bits per heavy atom. The van der Waals surface area contributed by atoms with Crippen LogP contribution in [-0.4, -0.2) is 12.6 Å². The van der Waals surface area contributed by atoms with Gasteiger partial charge in [0.25, 0.3) is 0 Å². The van der Waals surface area contributed by atoms with Gasteiger partial charge in [-0.25, -0.2) is 4.79 Å². The van der Waals surface area contributed by atoms with Crippen LogP contribution >= 0.6 is 0 Å². The smallest absolute Gasteiger partial charge is 0.333 e. The molecule has 0 saturated heterocycles. The second kappa shape index (κ2) is 7.35. The lowest BCUT2D eigenvalue weighted by Crippen LogP contribution is -2.05. The van der Waals surface area contributed by atoms with Gasteiger partial charge in [0.1, 0.15) is 0 Å². The zero-order chi connectivity index (χ0) is 10.1. The van der Waals surface area contributed by atoms with E-state index >= 15 is 0 Å². The largest absolute Gasteiger partial charge is 0.462 e. The van der Waals surface area contributed by atoms with E-state index in [-0.39, 0.29) is 5.97 Å². The number of allylic oxidation sites excluding steroid dienone is 2. The van der Waals surface area contributed by atoms with Crippen molar-refractivity contribution in [3.63, 3.8) is 0 Å². The van der Waals surface area contributed by atoms with Crippen molar-refractivity contribution in [2.45, 2.75) is 19.8 Å². The van der Waals surface area contributed by atoms with E-state index in [2.05, 4.69) is 13.2 Å². The van der Waals surface area contributed by atoms with E-state index < -0.39 is 0 Å². The number of ether oxygens (including phenoxy) is 1. The Labute approximate surface area is 79.6 Å². The summed E-state index contributed by atoms with van der Waals surface area (Å²) in [5, 5.41) is 0. The highest BCUT2D eigenvalue weighted by atomic mass is 16.5. The summed E-state index contributed by atoms with van der Waals surface area (Å²) in [6.07, 6.45) is 7.37. The van der Waals surface area contributed by atoms with E-state index in [0.717, 1.165) is 12.8 Å². The Balaban J connectivity index is 3.40. The SMILES string of the molecule is C=CCC=CCCOC(=O)C(=C)C. The number of carbonyl (C=O) groups excluding carboxylic acids is 1. The van der Waals surface area contributed by atoms with Crippen molar-refractivity contribution < 1.29 is 9.53 Å². The molecule has 0 amide bonds. The van der Waals surface area contributed by atoms with Gasteiger partial charge in [0.15, 0.2) is 0 Å². The fourth-order valence-corrected chi connectivity index (χ4v) is 0.653. The summed E-state index contributed by atoms with van der Waals surface area (Å²) in [6, 6.07) is 0. The number of rotatable bonds is 6. The van der Waals surface area contributed by atoms with Crippen molar-refractivity contribution in [2.75, 3.05) is 6.61 Å². The normalized spacial score (nSPS) is 9.92. The molecule has 0 heterocycles. The van der Waals surface area contributed by atoms with Crippen LogP contribution in [0.25, 0.3) is 0 Å². The monoisotopic (exact) mass is 180 g/mol. The van der Waals surface area contributed by atoms with Crippen molar-refractivity contribution in [1.29, 1.82) is 0 Å². The first kappa shape index (κ1) is 11.7. The number of hydrogen-bond donors (Lipinski definition) is 0. The van der Waals surface area contributed by atoms with Crippen molar-refractivity contribution in [3.05, 3.63) is 37.0 Å². The molecule has 0 atom stereocenters. The molecule has 2 nitrogen and oxygen atoms in total. The molecule has 0 aromatic heterocycles. The minimum Gasteiger partial charge on any atom is -0.462 e. The Morgan fingerprint density at radius 3 is 2.69 bits per heavy atom. The van der Waals surface area contributed by atoms with Crippen LogP contribution in [0.2, 0.25) is 0 Å². The first-order valence-corrected chi connectivity index (χ1v) is 4.27. The summed E-state index contributed by atoms with van der Waals surface area (Å²) < 4.78 is 4.87.